The SMILES string of the molecule is CC(C)Cc1cccc(C(O)CCOCC(F)F)c1. The van der Waals surface area contributed by atoms with Crippen LogP contribution in [-0.2, 0) is 11.2 Å². The summed E-state index contributed by atoms with van der Waals surface area (Å²) in [7, 11) is 0. The second-order valence-electron chi connectivity index (χ2n) is 5.11. The number of hydrogen-bond donors (Lipinski definition) is 1. The summed E-state index contributed by atoms with van der Waals surface area (Å²) >= 11 is 0. The van der Waals surface area contributed by atoms with E-state index in [9.17, 15) is 13.9 Å². The van der Waals surface area contributed by atoms with Crippen LogP contribution in [0.5, 0.6) is 0 Å². The third-order valence-electron chi connectivity index (χ3n) is 2.76. The number of alkyl halides is 2. The second kappa shape index (κ2) is 8.23. The highest BCUT2D eigenvalue weighted by molar-refractivity contribution is 5.25. The molecule has 0 radical (unpaired) electrons. The van der Waals surface area contributed by atoms with Crippen molar-refractivity contribution in [3.8, 4) is 0 Å². The van der Waals surface area contributed by atoms with E-state index in [0.29, 0.717) is 12.3 Å². The highest BCUT2D eigenvalue weighted by Gasteiger charge is 2.09. The van der Waals surface area contributed by atoms with Gasteiger partial charge in [0, 0.05) is 13.0 Å². The maximum absolute atomic E-state index is 11.9. The van der Waals surface area contributed by atoms with Crippen LogP contribution in [0.15, 0.2) is 24.3 Å². The van der Waals surface area contributed by atoms with Crippen LogP contribution in [0.1, 0.15) is 37.5 Å². The molecule has 1 unspecified atom stereocenters. The third-order valence-corrected chi connectivity index (χ3v) is 2.76. The van der Waals surface area contributed by atoms with Gasteiger partial charge in [-0.25, -0.2) is 8.78 Å². The van der Waals surface area contributed by atoms with Gasteiger partial charge in [0.1, 0.15) is 6.61 Å². The monoisotopic (exact) mass is 272 g/mol. The summed E-state index contributed by atoms with van der Waals surface area (Å²) in [6, 6.07) is 7.76. The molecule has 0 aliphatic heterocycles. The van der Waals surface area contributed by atoms with Crippen LogP contribution in [0, 0.1) is 5.92 Å². The maximum Gasteiger partial charge on any atom is 0.261 e. The van der Waals surface area contributed by atoms with Crippen molar-refractivity contribution in [2.75, 3.05) is 13.2 Å². The summed E-state index contributed by atoms with van der Waals surface area (Å²) in [4.78, 5) is 0. The quantitative estimate of drug-likeness (QED) is 0.733. The van der Waals surface area contributed by atoms with Crippen molar-refractivity contribution < 1.29 is 18.6 Å². The number of hydrogen-bond acceptors (Lipinski definition) is 2. The number of aliphatic hydroxyl groups excluding tert-OH is 1. The molecule has 1 aromatic carbocycles. The molecule has 1 N–H and O–H groups in total. The Kier molecular flexibility index (Phi) is 6.95. The molecule has 0 spiro atoms. The van der Waals surface area contributed by atoms with E-state index in [1.54, 1.807) is 0 Å². The van der Waals surface area contributed by atoms with E-state index < -0.39 is 19.1 Å². The molecule has 0 heterocycles. The molecule has 0 saturated carbocycles. The van der Waals surface area contributed by atoms with Crippen LogP contribution in [0.4, 0.5) is 8.78 Å². The lowest BCUT2D eigenvalue weighted by Gasteiger charge is -2.13. The predicted molar refractivity (Wildman–Crippen MR) is 71.4 cm³/mol. The Hall–Kier alpha value is -1.00. The van der Waals surface area contributed by atoms with Gasteiger partial charge in [0.15, 0.2) is 0 Å². The fraction of sp³-hybridized carbons (Fsp3) is 0.600. The predicted octanol–water partition coefficient (Wildman–Crippen LogP) is 3.59. The molecule has 108 valence electrons. The highest BCUT2D eigenvalue weighted by Crippen LogP contribution is 2.19. The first kappa shape index (κ1) is 16.1. The standard InChI is InChI=1S/C15H22F2O2/c1-11(2)8-12-4-3-5-13(9-12)14(18)6-7-19-10-15(16)17/h3-5,9,11,14-15,18H,6-8,10H2,1-2H3. The number of ether oxygens (including phenoxy) is 1. The number of benzene rings is 1. The van der Waals surface area contributed by atoms with Gasteiger partial charge in [0.2, 0.25) is 0 Å². The molecule has 0 aliphatic rings. The number of rotatable bonds is 8. The minimum atomic E-state index is -2.45. The van der Waals surface area contributed by atoms with Crippen LogP contribution in [-0.4, -0.2) is 24.7 Å². The van der Waals surface area contributed by atoms with Gasteiger partial charge in [-0.05, 0) is 23.5 Å². The zero-order chi connectivity index (χ0) is 14.3. The van der Waals surface area contributed by atoms with Gasteiger partial charge in [-0.2, -0.15) is 0 Å². The minimum Gasteiger partial charge on any atom is -0.388 e. The molecule has 1 rings (SSSR count). The Bertz CT molecular complexity index is 367. The van der Waals surface area contributed by atoms with Crippen molar-refractivity contribution in [3.63, 3.8) is 0 Å². The number of aliphatic hydroxyl groups is 1. The van der Waals surface area contributed by atoms with Crippen LogP contribution in [0.25, 0.3) is 0 Å². The highest BCUT2D eigenvalue weighted by atomic mass is 19.3. The first-order chi connectivity index (χ1) is 8.99. The van der Waals surface area contributed by atoms with Crippen LogP contribution in [0.2, 0.25) is 0 Å². The summed E-state index contributed by atoms with van der Waals surface area (Å²) in [5.41, 5.74) is 2.00. The molecule has 4 heteroatoms. The summed E-state index contributed by atoms with van der Waals surface area (Å²) in [6.07, 6.45) is -1.82. The first-order valence-corrected chi connectivity index (χ1v) is 6.62. The molecule has 1 aromatic rings. The third kappa shape index (κ3) is 6.64. The first-order valence-electron chi connectivity index (χ1n) is 6.62. The Morgan fingerprint density at radius 1 is 1.26 bits per heavy atom. The zero-order valence-corrected chi connectivity index (χ0v) is 11.5. The summed E-state index contributed by atoms with van der Waals surface area (Å²) in [5.74, 6) is 0.557. The average molecular weight is 272 g/mol. The molecule has 0 bridgehead atoms. The molecule has 0 fully saturated rings. The molecule has 0 saturated heterocycles. The minimum absolute atomic E-state index is 0.139. The molecule has 2 nitrogen and oxygen atoms in total. The van der Waals surface area contributed by atoms with Crippen LogP contribution >= 0.6 is 0 Å². The largest absolute Gasteiger partial charge is 0.388 e. The fourth-order valence-electron chi connectivity index (χ4n) is 1.93. The zero-order valence-electron chi connectivity index (χ0n) is 11.5. The second-order valence-corrected chi connectivity index (χ2v) is 5.11. The van der Waals surface area contributed by atoms with Crippen molar-refractivity contribution in [1.82, 2.24) is 0 Å². The molecular formula is C15H22F2O2. The van der Waals surface area contributed by atoms with Gasteiger partial charge in [-0.3, -0.25) is 0 Å². The topological polar surface area (TPSA) is 29.5 Å². The van der Waals surface area contributed by atoms with Gasteiger partial charge in [0.25, 0.3) is 6.43 Å². The van der Waals surface area contributed by atoms with E-state index >= 15 is 0 Å². The maximum atomic E-state index is 11.9. The van der Waals surface area contributed by atoms with Gasteiger partial charge >= 0.3 is 0 Å². The molecule has 19 heavy (non-hydrogen) atoms. The summed E-state index contributed by atoms with van der Waals surface area (Å²) in [5, 5.41) is 9.98. The summed E-state index contributed by atoms with van der Waals surface area (Å²) < 4.78 is 28.5. The Balaban J connectivity index is 2.45. The van der Waals surface area contributed by atoms with E-state index in [4.69, 9.17) is 4.74 Å². The van der Waals surface area contributed by atoms with Crippen molar-refractivity contribution in [2.45, 2.75) is 39.2 Å². The fourth-order valence-corrected chi connectivity index (χ4v) is 1.93. The lowest BCUT2D eigenvalue weighted by molar-refractivity contribution is 0.00481. The van der Waals surface area contributed by atoms with Crippen LogP contribution < -0.4 is 0 Å². The van der Waals surface area contributed by atoms with E-state index in [1.165, 1.54) is 5.56 Å². The molecular weight excluding hydrogens is 250 g/mol. The van der Waals surface area contributed by atoms with E-state index in [0.717, 1.165) is 12.0 Å². The van der Waals surface area contributed by atoms with Crippen LogP contribution in [0.3, 0.4) is 0 Å². The van der Waals surface area contributed by atoms with E-state index in [2.05, 4.69) is 13.8 Å². The normalized spacial score (nSPS) is 13.2. The van der Waals surface area contributed by atoms with Gasteiger partial charge in [-0.1, -0.05) is 38.1 Å². The van der Waals surface area contributed by atoms with Crippen molar-refractivity contribution in [3.05, 3.63) is 35.4 Å². The Morgan fingerprint density at radius 3 is 2.63 bits per heavy atom. The van der Waals surface area contributed by atoms with Crippen molar-refractivity contribution in [1.29, 1.82) is 0 Å². The molecule has 0 amide bonds. The van der Waals surface area contributed by atoms with Gasteiger partial charge in [0.05, 0.1) is 6.10 Å². The summed E-state index contributed by atoms with van der Waals surface area (Å²) in [6.45, 7) is 3.85. The van der Waals surface area contributed by atoms with Crippen molar-refractivity contribution >= 4 is 0 Å². The molecule has 0 aliphatic carbocycles. The van der Waals surface area contributed by atoms with Gasteiger partial charge in [-0.15, -0.1) is 0 Å². The lowest BCUT2D eigenvalue weighted by Crippen LogP contribution is -2.09. The molecule has 1 atom stereocenters. The number of halogens is 2. The Morgan fingerprint density at radius 2 is 2.00 bits per heavy atom. The van der Waals surface area contributed by atoms with Crippen molar-refractivity contribution in [2.24, 2.45) is 5.92 Å². The van der Waals surface area contributed by atoms with Gasteiger partial charge < -0.3 is 9.84 Å². The smallest absolute Gasteiger partial charge is 0.261 e. The lowest BCUT2D eigenvalue weighted by atomic mass is 9.98. The molecule has 0 aromatic heterocycles. The van der Waals surface area contributed by atoms with E-state index in [-0.39, 0.29) is 6.61 Å². The van der Waals surface area contributed by atoms with E-state index in [1.807, 2.05) is 24.3 Å². The Labute approximate surface area is 113 Å². The average Bonchev–Trinajstić information content (AvgIpc) is 2.33.